The molecule has 0 radical (unpaired) electrons. The summed E-state index contributed by atoms with van der Waals surface area (Å²) in [7, 11) is 1.45. The van der Waals surface area contributed by atoms with E-state index in [1.165, 1.54) is 23.0 Å². The molecule has 152 valence electrons. The third-order valence-corrected chi connectivity index (χ3v) is 6.39. The minimum atomic E-state index is -0.497. The third-order valence-electron chi connectivity index (χ3n) is 5.18. The molecule has 1 aliphatic rings. The van der Waals surface area contributed by atoms with Crippen molar-refractivity contribution >= 4 is 27.5 Å². The van der Waals surface area contributed by atoms with Gasteiger partial charge in [0.2, 0.25) is 5.91 Å². The number of fused-ring (bicyclic) bond motifs is 3. The van der Waals surface area contributed by atoms with Crippen molar-refractivity contribution in [2.24, 2.45) is 7.05 Å². The first-order valence-electron chi connectivity index (χ1n) is 9.45. The number of carbonyl (C=O) groups excluding carboxylic acids is 1. The minimum absolute atomic E-state index is 0.150. The number of nitrogens with zero attached hydrogens (tertiary/aromatic N) is 2. The predicted octanol–water partition coefficient (Wildman–Crippen LogP) is 1.93. The van der Waals surface area contributed by atoms with Crippen LogP contribution in [0.25, 0.3) is 10.2 Å². The Kier molecular flexibility index (Phi) is 4.92. The van der Waals surface area contributed by atoms with E-state index in [0.29, 0.717) is 29.8 Å². The summed E-state index contributed by atoms with van der Waals surface area (Å²) in [6.45, 7) is 4.55. The highest BCUT2D eigenvalue weighted by Gasteiger charge is 2.31. The maximum absolute atomic E-state index is 12.8. The van der Waals surface area contributed by atoms with Crippen molar-refractivity contribution in [2.45, 2.75) is 45.6 Å². The van der Waals surface area contributed by atoms with Crippen LogP contribution in [-0.2, 0) is 42.7 Å². The lowest BCUT2D eigenvalue weighted by atomic mass is 9.98. The number of rotatable bonds is 4. The summed E-state index contributed by atoms with van der Waals surface area (Å²) in [5, 5.41) is 2.84. The Hall–Kier alpha value is -2.71. The average molecular weight is 413 g/mol. The summed E-state index contributed by atoms with van der Waals surface area (Å²) in [5.74, 6) is -0.284. The van der Waals surface area contributed by atoms with Crippen LogP contribution in [-0.4, -0.2) is 20.6 Å². The summed E-state index contributed by atoms with van der Waals surface area (Å²) < 4.78 is 8.88. The smallest absolute Gasteiger partial charge is 0.331 e. The van der Waals surface area contributed by atoms with Crippen LogP contribution in [0.15, 0.2) is 39.9 Å². The van der Waals surface area contributed by atoms with Gasteiger partial charge in [0.05, 0.1) is 17.7 Å². The Morgan fingerprint density at radius 3 is 2.69 bits per heavy atom. The van der Waals surface area contributed by atoms with E-state index >= 15 is 0 Å². The van der Waals surface area contributed by atoms with Crippen molar-refractivity contribution in [2.75, 3.05) is 0 Å². The van der Waals surface area contributed by atoms with E-state index in [2.05, 4.69) is 5.32 Å². The van der Waals surface area contributed by atoms with Crippen LogP contribution >= 0.6 is 11.3 Å². The first-order chi connectivity index (χ1) is 13.8. The second kappa shape index (κ2) is 7.27. The second-order valence-electron chi connectivity index (χ2n) is 7.90. The van der Waals surface area contributed by atoms with Crippen molar-refractivity contribution in [1.82, 2.24) is 14.5 Å². The van der Waals surface area contributed by atoms with E-state index < -0.39 is 5.69 Å². The molecule has 0 saturated heterocycles. The molecule has 2 aromatic heterocycles. The Morgan fingerprint density at radius 2 is 1.97 bits per heavy atom. The van der Waals surface area contributed by atoms with Crippen LogP contribution in [0.5, 0.6) is 0 Å². The molecule has 1 aromatic carbocycles. The van der Waals surface area contributed by atoms with Gasteiger partial charge in [-0.2, -0.15) is 0 Å². The number of amides is 1. The predicted molar refractivity (Wildman–Crippen MR) is 112 cm³/mol. The SMILES string of the molecule is Cn1c(=O)c2sc3c(c2n(CC(=O)NCc2ccccc2)c1=O)COC(C)(C)C3. The minimum Gasteiger partial charge on any atom is -0.370 e. The van der Waals surface area contributed by atoms with Crippen LogP contribution in [0.3, 0.4) is 0 Å². The van der Waals surface area contributed by atoms with Crippen LogP contribution < -0.4 is 16.6 Å². The van der Waals surface area contributed by atoms with E-state index in [9.17, 15) is 14.4 Å². The zero-order valence-corrected chi connectivity index (χ0v) is 17.5. The summed E-state index contributed by atoms with van der Waals surface area (Å²) >= 11 is 1.40. The third kappa shape index (κ3) is 3.65. The molecule has 8 heteroatoms. The molecule has 4 rings (SSSR count). The normalized spacial score (nSPS) is 15.3. The zero-order valence-electron chi connectivity index (χ0n) is 16.7. The van der Waals surface area contributed by atoms with Gasteiger partial charge in [-0.05, 0) is 19.4 Å². The molecule has 0 saturated carbocycles. The van der Waals surface area contributed by atoms with Crippen molar-refractivity contribution in [3.8, 4) is 0 Å². The Bertz CT molecular complexity index is 1200. The number of ether oxygens (including phenoxy) is 1. The Balaban J connectivity index is 1.72. The number of carbonyl (C=O) groups is 1. The molecule has 1 amide bonds. The molecule has 7 nitrogen and oxygen atoms in total. The Morgan fingerprint density at radius 1 is 1.24 bits per heavy atom. The zero-order chi connectivity index (χ0) is 20.8. The molecular formula is C21H23N3O4S. The second-order valence-corrected chi connectivity index (χ2v) is 9.01. The summed E-state index contributed by atoms with van der Waals surface area (Å²) in [6, 6.07) is 9.56. The molecule has 3 aromatic rings. The summed E-state index contributed by atoms with van der Waals surface area (Å²) in [5.41, 5.74) is 1.20. The molecule has 0 aliphatic carbocycles. The molecule has 0 unspecified atom stereocenters. The van der Waals surface area contributed by atoms with Gasteiger partial charge in [-0.25, -0.2) is 4.79 Å². The molecule has 0 fully saturated rings. The lowest BCUT2D eigenvalue weighted by molar-refractivity contribution is -0.121. The fourth-order valence-corrected chi connectivity index (χ4v) is 5.09. The monoisotopic (exact) mass is 413 g/mol. The number of hydrogen-bond donors (Lipinski definition) is 1. The highest BCUT2D eigenvalue weighted by Crippen LogP contribution is 2.37. The van der Waals surface area contributed by atoms with Gasteiger partial charge in [-0.3, -0.25) is 18.7 Å². The quantitative estimate of drug-likeness (QED) is 0.709. The summed E-state index contributed by atoms with van der Waals surface area (Å²) in [6.07, 6.45) is 0.666. The fraction of sp³-hybridized carbons (Fsp3) is 0.381. The number of hydrogen-bond acceptors (Lipinski definition) is 5. The molecule has 1 N–H and O–H groups in total. The van der Waals surface area contributed by atoms with Gasteiger partial charge >= 0.3 is 5.69 Å². The van der Waals surface area contributed by atoms with Crippen molar-refractivity contribution in [1.29, 1.82) is 0 Å². The maximum Gasteiger partial charge on any atom is 0.331 e. The number of nitrogens with one attached hydrogen (secondary N) is 1. The van der Waals surface area contributed by atoms with Crippen LogP contribution in [0.2, 0.25) is 0 Å². The van der Waals surface area contributed by atoms with Crippen molar-refractivity contribution < 1.29 is 9.53 Å². The fourth-order valence-electron chi connectivity index (χ4n) is 3.59. The topological polar surface area (TPSA) is 82.3 Å². The van der Waals surface area contributed by atoms with Crippen molar-refractivity contribution in [3.63, 3.8) is 0 Å². The largest absolute Gasteiger partial charge is 0.370 e. The number of thiophene rings is 1. The number of benzene rings is 1. The lowest BCUT2D eigenvalue weighted by Crippen LogP contribution is -2.41. The van der Waals surface area contributed by atoms with Gasteiger partial charge in [0.15, 0.2) is 0 Å². The van der Waals surface area contributed by atoms with Crippen LogP contribution in [0, 0.1) is 0 Å². The van der Waals surface area contributed by atoms with E-state index in [1.54, 1.807) is 0 Å². The van der Waals surface area contributed by atoms with E-state index in [4.69, 9.17) is 4.74 Å². The van der Waals surface area contributed by atoms with Gasteiger partial charge in [0.25, 0.3) is 5.56 Å². The molecule has 0 atom stereocenters. The average Bonchev–Trinajstić information content (AvgIpc) is 3.06. The maximum atomic E-state index is 12.8. The molecule has 0 spiro atoms. The Labute approximate surface area is 171 Å². The highest BCUT2D eigenvalue weighted by molar-refractivity contribution is 7.19. The van der Waals surface area contributed by atoms with E-state index in [0.717, 1.165) is 20.6 Å². The van der Waals surface area contributed by atoms with Crippen LogP contribution in [0.4, 0.5) is 0 Å². The molecular weight excluding hydrogens is 390 g/mol. The van der Waals surface area contributed by atoms with Gasteiger partial charge < -0.3 is 10.1 Å². The number of aromatic nitrogens is 2. The van der Waals surface area contributed by atoms with Crippen LogP contribution in [0.1, 0.15) is 29.9 Å². The standard InChI is InChI=1S/C21H23N3O4S/c1-21(2)9-15-14(12-28-21)17-18(29-15)19(26)23(3)20(27)24(17)11-16(25)22-10-13-7-5-4-6-8-13/h4-8H,9-12H2,1-3H3,(H,22,25). The molecule has 3 heterocycles. The first kappa shape index (κ1) is 19.6. The molecule has 0 bridgehead atoms. The first-order valence-corrected chi connectivity index (χ1v) is 10.3. The highest BCUT2D eigenvalue weighted by atomic mass is 32.1. The van der Waals surface area contributed by atoms with Gasteiger partial charge in [-0.1, -0.05) is 30.3 Å². The molecule has 1 aliphatic heterocycles. The van der Waals surface area contributed by atoms with E-state index in [-0.39, 0.29) is 23.6 Å². The molecule has 29 heavy (non-hydrogen) atoms. The van der Waals surface area contributed by atoms with E-state index in [1.807, 2.05) is 44.2 Å². The lowest BCUT2D eigenvalue weighted by Gasteiger charge is -2.30. The van der Waals surface area contributed by atoms with Gasteiger partial charge in [0, 0.05) is 30.5 Å². The van der Waals surface area contributed by atoms with Gasteiger partial charge in [0.1, 0.15) is 11.2 Å². The van der Waals surface area contributed by atoms with Gasteiger partial charge in [-0.15, -0.1) is 11.3 Å². The van der Waals surface area contributed by atoms with Crippen molar-refractivity contribution in [3.05, 3.63) is 67.2 Å². The summed E-state index contributed by atoms with van der Waals surface area (Å²) in [4.78, 5) is 39.2.